The summed E-state index contributed by atoms with van der Waals surface area (Å²) in [6.07, 6.45) is 2.13. The molecule has 0 fully saturated rings. The molecule has 0 heterocycles. The van der Waals surface area contributed by atoms with Crippen LogP contribution >= 0.6 is 0 Å². The van der Waals surface area contributed by atoms with E-state index in [2.05, 4.69) is 43.5 Å². The van der Waals surface area contributed by atoms with Crippen LogP contribution in [-0.4, -0.2) is 13.4 Å². The van der Waals surface area contributed by atoms with Gasteiger partial charge in [-0.25, -0.2) is 0 Å². The molecule has 78 valence electrons. The van der Waals surface area contributed by atoms with Crippen molar-refractivity contribution < 1.29 is 4.74 Å². The first-order valence-electron chi connectivity index (χ1n) is 4.93. The van der Waals surface area contributed by atoms with Gasteiger partial charge in [0.25, 0.3) is 0 Å². The highest BCUT2D eigenvalue weighted by Crippen LogP contribution is 2.28. The summed E-state index contributed by atoms with van der Waals surface area (Å²) in [5.74, 6) is 0.973. The van der Waals surface area contributed by atoms with Crippen molar-refractivity contribution in [2.24, 2.45) is 0 Å². The van der Waals surface area contributed by atoms with E-state index in [0.29, 0.717) is 0 Å². The van der Waals surface area contributed by atoms with Gasteiger partial charge in [0, 0.05) is 29.3 Å². The summed E-state index contributed by atoms with van der Waals surface area (Å²) in [4.78, 5) is 1.29. The number of methoxy groups -OCH3 is 1. The minimum atomic E-state index is 0.973. The van der Waals surface area contributed by atoms with Crippen LogP contribution in [-0.2, 0) is 11.8 Å². The van der Waals surface area contributed by atoms with E-state index < -0.39 is 0 Å². The van der Waals surface area contributed by atoms with Gasteiger partial charge >= 0.3 is 0 Å². The molecule has 2 heteroatoms. The molecule has 0 aliphatic rings. The molecule has 0 atom stereocenters. The SMILES string of the molecule is COc1cc([SH+]C)cc2ccc(C)cc12. The Hall–Kier alpha value is -1.15. The number of fused-ring (bicyclic) bond motifs is 1. The molecule has 0 amide bonds. The van der Waals surface area contributed by atoms with Crippen LogP contribution in [0.2, 0.25) is 0 Å². The minimum Gasteiger partial charge on any atom is -0.496 e. The van der Waals surface area contributed by atoms with Crippen LogP contribution in [0.3, 0.4) is 0 Å². The monoisotopic (exact) mass is 219 g/mol. The lowest BCUT2D eigenvalue weighted by Gasteiger charge is -2.06. The van der Waals surface area contributed by atoms with Crippen LogP contribution in [0.25, 0.3) is 10.8 Å². The molecule has 1 nitrogen and oxygen atoms in total. The summed E-state index contributed by atoms with van der Waals surface area (Å²) in [7, 11) is 1.73. The highest BCUT2D eigenvalue weighted by Gasteiger charge is 2.07. The lowest BCUT2D eigenvalue weighted by Crippen LogP contribution is -1.89. The van der Waals surface area contributed by atoms with Crippen molar-refractivity contribution in [2.45, 2.75) is 11.8 Å². The highest BCUT2D eigenvalue weighted by molar-refractivity contribution is 7.77. The largest absolute Gasteiger partial charge is 0.496 e. The summed E-state index contributed by atoms with van der Waals surface area (Å²) in [5, 5.41) is 2.45. The molecule has 15 heavy (non-hydrogen) atoms. The van der Waals surface area contributed by atoms with E-state index in [1.165, 1.54) is 33.0 Å². The summed E-state index contributed by atoms with van der Waals surface area (Å²) >= 11 is 1.27. The Morgan fingerprint density at radius 3 is 2.60 bits per heavy atom. The average molecular weight is 219 g/mol. The van der Waals surface area contributed by atoms with Crippen LogP contribution in [0.5, 0.6) is 5.75 Å². The third kappa shape index (κ3) is 1.95. The molecule has 0 aliphatic heterocycles. The fourth-order valence-electron chi connectivity index (χ4n) is 1.72. The molecule has 0 aliphatic carbocycles. The molecule has 2 rings (SSSR count). The molecule has 0 spiro atoms. The fraction of sp³-hybridized carbons (Fsp3) is 0.231. The van der Waals surface area contributed by atoms with Crippen LogP contribution in [0.4, 0.5) is 0 Å². The highest BCUT2D eigenvalue weighted by atomic mass is 32.2. The molecule has 2 aromatic carbocycles. The van der Waals surface area contributed by atoms with Gasteiger partial charge in [0.1, 0.15) is 12.0 Å². The predicted octanol–water partition coefficient (Wildman–Crippen LogP) is 2.96. The van der Waals surface area contributed by atoms with Crippen LogP contribution in [0, 0.1) is 6.92 Å². The zero-order valence-corrected chi connectivity index (χ0v) is 10.1. The quantitative estimate of drug-likeness (QED) is 0.557. The van der Waals surface area contributed by atoms with Gasteiger partial charge < -0.3 is 4.74 Å². The fourth-order valence-corrected chi connectivity index (χ4v) is 2.23. The van der Waals surface area contributed by atoms with Crippen LogP contribution in [0.1, 0.15) is 5.56 Å². The lowest BCUT2D eigenvalue weighted by molar-refractivity contribution is 0.419. The van der Waals surface area contributed by atoms with Gasteiger partial charge in [0.05, 0.1) is 7.11 Å². The van der Waals surface area contributed by atoms with Crippen molar-refractivity contribution in [3.8, 4) is 5.75 Å². The van der Waals surface area contributed by atoms with E-state index in [9.17, 15) is 0 Å². The molecule has 0 aromatic heterocycles. The zero-order chi connectivity index (χ0) is 10.8. The lowest BCUT2D eigenvalue weighted by atomic mass is 10.1. The van der Waals surface area contributed by atoms with Gasteiger partial charge in [-0.1, -0.05) is 17.7 Å². The molecule has 2 aromatic rings. The molecule has 0 saturated carbocycles. The standard InChI is InChI=1S/C13H14OS/c1-9-4-5-10-7-11(15-3)8-13(14-2)12(10)6-9/h4-8H,1-3H3/p+1. The molecule has 0 N–H and O–H groups in total. The summed E-state index contributed by atoms with van der Waals surface area (Å²) in [6, 6.07) is 10.8. The Morgan fingerprint density at radius 2 is 1.93 bits per heavy atom. The van der Waals surface area contributed by atoms with E-state index in [1.54, 1.807) is 7.11 Å². The maximum Gasteiger partial charge on any atom is 0.156 e. The average Bonchev–Trinajstić information content (AvgIpc) is 2.27. The normalized spacial score (nSPS) is 10.6. The third-order valence-electron chi connectivity index (χ3n) is 2.53. The molecular formula is C13H15OS+. The smallest absolute Gasteiger partial charge is 0.156 e. The zero-order valence-electron chi connectivity index (χ0n) is 9.24. The number of benzene rings is 2. The van der Waals surface area contributed by atoms with Gasteiger partial charge in [-0.15, -0.1) is 0 Å². The summed E-state index contributed by atoms with van der Waals surface area (Å²) < 4.78 is 5.42. The molecular weight excluding hydrogens is 204 g/mol. The predicted molar refractivity (Wildman–Crippen MR) is 68.2 cm³/mol. The number of thiol groups is 1. The van der Waals surface area contributed by atoms with E-state index in [0.717, 1.165) is 5.75 Å². The van der Waals surface area contributed by atoms with Gasteiger partial charge in [-0.3, -0.25) is 0 Å². The first kappa shape index (κ1) is 10.4. The Labute approximate surface area is 94.4 Å². The third-order valence-corrected chi connectivity index (χ3v) is 3.31. The molecule has 0 unspecified atom stereocenters. The molecule has 0 bridgehead atoms. The Balaban J connectivity index is 2.75. The Bertz CT molecular complexity index is 491. The maximum absolute atomic E-state index is 5.42. The summed E-state index contributed by atoms with van der Waals surface area (Å²) in [6.45, 7) is 2.10. The van der Waals surface area contributed by atoms with Crippen LogP contribution < -0.4 is 4.74 Å². The van der Waals surface area contributed by atoms with E-state index in [4.69, 9.17) is 4.74 Å². The summed E-state index contributed by atoms with van der Waals surface area (Å²) in [5.41, 5.74) is 1.27. The second-order valence-corrected chi connectivity index (χ2v) is 4.56. The van der Waals surface area contributed by atoms with Crippen molar-refractivity contribution in [3.63, 3.8) is 0 Å². The van der Waals surface area contributed by atoms with Crippen molar-refractivity contribution in [2.75, 3.05) is 13.4 Å². The van der Waals surface area contributed by atoms with E-state index in [1.807, 2.05) is 0 Å². The van der Waals surface area contributed by atoms with Crippen LogP contribution in [0.15, 0.2) is 35.2 Å². The number of hydrogen-bond acceptors (Lipinski definition) is 1. The Morgan fingerprint density at radius 1 is 1.13 bits per heavy atom. The molecule has 0 saturated heterocycles. The minimum absolute atomic E-state index is 0.973. The number of rotatable bonds is 2. The van der Waals surface area contributed by atoms with Gasteiger partial charge in [-0.2, -0.15) is 0 Å². The van der Waals surface area contributed by atoms with Gasteiger partial charge in [0.15, 0.2) is 4.90 Å². The Kier molecular flexibility index (Phi) is 2.87. The van der Waals surface area contributed by atoms with Gasteiger partial charge in [-0.05, 0) is 18.4 Å². The van der Waals surface area contributed by atoms with E-state index >= 15 is 0 Å². The first-order chi connectivity index (χ1) is 7.24. The van der Waals surface area contributed by atoms with Gasteiger partial charge in [0.2, 0.25) is 0 Å². The topological polar surface area (TPSA) is 9.23 Å². The number of aryl methyl sites for hydroxylation is 1. The van der Waals surface area contributed by atoms with Crippen molar-refractivity contribution in [1.82, 2.24) is 0 Å². The first-order valence-corrected chi connectivity index (χ1v) is 6.27. The van der Waals surface area contributed by atoms with Crippen molar-refractivity contribution in [3.05, 3.63) is 35.9 Å². The second-order valence-electron chi connectivity index (χ2n) is 3.60. The second kappa shape index (κ2) is 4.15. The van der Waals surface area contributed by atoms with Crippen molar-refractivity contribution in [1.29, 1.82) is 0 Å². The van der Waals surface area contributed by atoms with Crippen molar-refractivity contribution >= 4 is 22.5 Å². The number of ether oxygens (including phenoxy) is 1. The van der Waals surface area contributed by atoms with E-state index in [-0.39, 0.29) is 0 Å². The molecule has 0 radical (unpaired) electrons. The number of hydrogen-bond donors (Lipinski definition) is 0. The maximum atomic E-state index is 5.42.